The number of hydrogen-bond acceptors (Lipinski definition) is 3. The van der Waals surface area contributed by atoms with Crippen molar-refractivity contribution in [3.05, 3.63) is 18.2 Å². The van der Waals surface area contributed by atoms with Crippen LogP contribution in [0.2, 0.25) is 0 Å². The molecule has 1 aliphatic heterocycles. The summed E-state index contributed by atoms with van der Waals surface area (Å²) in [4.78, 5) is 13.8. The normalized spacial score (nSPS) is 24.1. The van der Waals surface area contributed by atoms with Gasteiger partial charge in [-0.25, -0.2) is 0 Å². The van der Waals surface area contributed by atoms with Gasteiger partial charge in [0.2, 0.25) is 5.91 Å². The van der Waals surface area contributed by atoms with Gasteiger partial charge in [0.25, 0.3) is 0 Å². The molecule has 1 aliphatic rings. The SMILES string of the molecule is COc1ccc(NC(=O)CC[NH+]2C[C@@H](C)C[C@H](C)C2)c(OC)c1. The number of carbonyl (C=O) groups is 1. The standard InChI is InChI=1S/C18H28N2O3/c1-13-9-14(2)12-20(11-13)8-7-18(21)19-16-6-5-15(22-3)10-17(16)23-4/h5-6,10,13-14H,7-9,11-12H2,1-4H3,(H,19,21)/p+1/t13-,14-/m0/s1. The minimum Gasteiger partial charge on any atom is -0.497 e. The smallest absolute Gasteiger partial charge is 0.230 e. The average Bonchev–Trinajstić information content (AvgIpc) is 2.52. The first kappa shape index (κ1) is 17.6. The van der Waals surface area contributed by atoms with Gasteiger partial charge in [0.15, 0.2) is 0 Å². The number of rotatable bonds is 6. The quantitative estimate of drug-likeness (QED) is 0.837. The molecule has 23 heavy (non-hydrogen) atoms. The molecule has 2 atom stereocenters. The van der Waals surface area contributed by atoms with E-state index in [-0.39, 0.29) is 5.91 Å². The van der Waals surface area contributed by atoms with E-state index in [2.05, 4.69) is 19.2 Å². The van der Waals surface area contributed by atoms with Crippen molar-refractivity contribution in [2.24, 2.45) is 11.8 Å². The first-order chi connectivity index (χ1) is 11.0. The van der Waals surface area contributed by atoms with Crippen molar-refractivity contribution in [2.45, 2.75) is 26.7 Å². The number of amides is 1. The van der Waals surface area contributed by atoms with E-state index in [9.17, 15) is 4.79 Å². The molecule has 0 aromatic heterocycles. The Bertz CT molecular complexity index is 523. The number of methoxy groups -OCH3 is 2. The molecule has 1 heterocycles. The molecule has 2 N–H and O–H groups in total. The molecule has 1 amide bonds. The third kappa shape index (κ3) is 5.13. The highest BCUT2D eigenvalue weighted by Crippen LogP contribution is 2.29. The van der Waals surface area contributed by atoms with Gasteiger partial charge in [-0.15, -0.1) is 0 Å². The Kier molecular flexibility index (Phi) is 6.28. The van der Waals surface area contributed by atoms with Gasteiger partial charge in [-0.05, 0) is 18.6 Å². The maximum absolute atomic E-state index is 12.2. The highest BCUT2D eigenvalue weighted by molar-refractivity contribution is 5.92. The van der Waals surface area contributed by atoms with Gasteiger partial charge < -0.3 is 19.7 Å². The number of hydrogen-bond donors (Lipinski definition) is 2. The number of benzene rings is 1. The number of ether oxygens (including phenoxy) is 2. The summed E-state index contributed by atoms with van der Waals surface area (Å²) in [6.07, 6.45) is 1.84. The third-order valence-corrected chi connectivity index (χ3v) is 4.47. The van der Waals surface area contributed by atoms with Crippen molar-refractivity contribution >= 4 is 11.6 Å². The van der Waals surface area contributed by atoms with Crippen LogP contribution in [0.1, 0.15) is 26.7 Å². The van der Waals surface area contributed by atoms with E-state index in [1.165, 1.54) is 24.4 Å². The second kappa shape index (κ2) is 8.20. The molecule has 0 unspecified atom stereocenters. The van der Waals surface area contributed by atoms with Crippen molar-refractivity contribution < 1.29 is 19.2 Å². The first-order valence-electron chi connectivity index (χ1n) is 8.37. The van der Waals surface area contributed by atoms with Crippen LogP contribution in [0.3, 0.4) is 0 Å². The van der Waals surface area contributed by atoms with E-state index in [1.807, 2.05) is 12.1 Å². The molecule has 1 fully saturated rings. The Morgan fingerprint density at radius 2 is 1.91 bits per heavy atom. The number of quaternary nitrogens is 1. The van der Waals surface area contributed by atoms with E-state index in [1.54, 1.807) is 20.3 Å². The Morgan fingerprint density at radius 3 is 2.52 bits per heavy atom. The monoisotopic (exact) mass is 321 g/mol. The highest BCUT2D eigenvalue weighted by Gasteiger charge is 2.25. The van der Waals surface area contributed by atoms with Gasteiger partial charge in [-0.2, -0.15) is 0 Å². The maximum atomic E-state index is 12.2. The largest absolute Gasteiger partial charge is 0.497 e. The van der Waals surface area contributed by atoms with Gasteiger partial charge in [0, 0.05) is 17.9 Å². The molecule has 5 heteroatoms. The van der Waals surface area contributed by atoms with E-state index in [0.29, 0.717) is 23.6 Å². The maximum Gasteiger partial charge on any atom is 0.230 e. The predicted octanol–water partition coefficient (Wildman–Crippen LogP) is 1.59. The van der Waals surface area contributed by atoms with Crippen LogP contribution in [-0.2, 0) is 4.79 Å². The third-order valence-electron chi connectivity index (χ3n) is 4.47. The lowest BCUT2D eigenvalue weighted by atomic mass is 9.92. The Hall–Kier alpha value is -1.75. The van der Waals surface area contributed by atoms with E-state index in [4.69, 9.17) is 9.47 Å². The van der Waals surface area contributed by atoms with Crippen LogP contribution >= 0.6 is 0 Å². The minimum absolute atomic E-state index is 0.0341. The molecule has 0 aliphatic carbocycles. The lowest BCUT2D eigenvalue weighted by Crippen LogP contribution is -3.14. The van der Waals surface area contributed by atoms with E-state index >= 15 is 0 Å². The molecular weight excluding hydrogens is 292 g/mol. The molecule has 1 saturated heterocycles. The van der Waals surface area contributed by atoms with Crippen molar-refractivity contribution in [3.63, 3.8) is 0 Å². The zero-order valence-electron chi connectivity index (χ0n) is 14.6. The molecule has 0 bridgehead atoms. The van der Waals surface area contributed by atoms with Gasteiger partial charge in [-0.3, -0.25) is 4.79 Å². The van der Waals surface area contributed by atoms with Crippen LogP contribution in [0, 0.1) is 11.8 Å². The van der Waals surface area contributed by atoms with Crippen LogP contribution in [0.15, 0.2) is 18.2 Å². The number of anilines is 1. The number of likely N-dealkylation sites (tertiary alicyclic amines) is 1. The molecular formula is C18H29N2O3+. The number of nitrogens with one attached hydrogen (secondary N) is 2. The van der Waals surface area contributed by atoms with Crippen molar-refractivity contribution in [1.82, 2.24) is 0 Å². The minimum atomic E-state index is 0.0341. The summed E-state index contributed by atoms with van der Waals surface area (Å²) in [5.41, 5.74) is 0.689. The summed E-state index contributed by atoms with van der Waals surface area (Å²) < 4.78 is 10.5. The second-order valence-electron chi connectivity index (χ2n) is 6.72. The number of piperidine rings is 1. The Labute approximate surface area is 139 Å². The highest BCUT2D eigenvalue weighted by atomic mass is 16.5. The van der Waals surface area contributed by atoms with Crippen molar-refractivity contribution in [1.29, 1.82) is 0 Å². The topological polar surface area (TPSA) is 52.0 Å². The molecule has 0 spiro atoms. The second-order valence-corrected chi connectivity index (χ2v) is 6.72. The fourth-order valence-electron chi connectivity index (χ4n) is 3.53. The summed E-state index contributed by atoms with van der Waals surface area (Å²) in [5, 5.41) is 2.94. The van der Waals surface area contributed by atoms with Crippen LogP contribution in [-0.4, -0.2) is 39.8 Å². The zero-order chi connectivity index (χ0) is 16.8. The summed E-state index contributed by atoms with van der Waals surface area (Å²) >= 11 is 0. The van der Waals surface area contributed by atoms with Crippen LogP contribution in [0.4, 0.5) is 5.69 Å². The number of carbonyl (C=O) groups excluding carboxylic acids is 1. The summed E-state index contributed by atoms with van der Waals surface area (Å²) in [7, 11) is 3.20. The van der Waals surface area contributed by atoms with Crippen molar-refractivity contribution in [3.8, 4) is 11.5 Å². The van der Waals surface area contributed by atoms with Crippen LogP contribution in [0.25, 0.3) is 0 Å². The van der Waals surface area contributed by atoms with E-state index < -0.39 is 0 Å². The molecule has 128 valence electrons. The Morgan fingerprint density at radius 1 is 1.22 bits per heavy atom. The van der Waals surface area contributed by atoms with Gasteiger partial charge in [0.05, 0.1) is 46.0 Å². The Balaban J connectivity index is 1.87. The van der Waals surface area contributed by atoms with E-state index in [0.717, 1.165) is 18.4 Å². The first-order valence-corrected chi connectivity index (χ1v) is 8.37. The molecule has 0 saturated carbocycles. The van der Waals surface area contributed by atoms with Gasteiger partial charge in [0.1, 0.15) is 11.5 Å². The molecule has 0 radical (unpaired) electrons. The summed E-state index contributed by atoms with van der Waals surface area (Å²) in [5.74, 6) is 2.86. The lowest BCUT2D eigenvalue weighted by molar-refractivity contribution is -0.911. The molecule has 2 rings (SSSR count). The van der Waals surface area contributed by atoms with Crippen LogP contribution < -0.4 is 19.7 Å². The average molecular weight is 321 g/mol. The molecule has 5 nitrogen and oxygen atoms in total. The fourth-order valence-corrected chi connectivity index (χ4v) is 3.53. The summed E-state index contributed by atoms with van der Waals surface area (Å²) in [6, 6.07) is 5.40. The van der Waals surface area contributed by atoms with Crippen LogP contribution in [0.5, 0.6) is 11.5 Å². The fraction of sp³-hybridized carbons (Fsp3) is 0.611. The predicted molar refractivity (Wildman–Crippen MR) is 91.3 cm³/mol. The van der Waals surface area contributed by atoms with Gasteiger partial charge in [-0.1, -0.05) is 13.8 Å². The van der Waals surface area contributed by atoms with Crippen molar-refractivity contribution in [2.75, 3.05) is 39.2 Å². The van der Waals surface area contributed by atoms with Gasteiger partial charge >= 0.3 is 0 Å². The lowest BCUT2D eigenvalue weighted by Gasteiger charge is -2.31. The summed E-state index contributed by atoms with van der Waals surface area (Å²) in [6.45, 7) is 7.84. The zero-order valence-corrected chi connectivity index (χ0v) is 14.6. The molecule has 1 aromatic rings. The molecule has 1 aromatic carbocycles.